The zero-order valence-electron chi connectivity index (χ0n) is 13.2. The summed E-state index contributed by atoms with van der Waals surface area (Å²) in [5.41, 5.74) is 2.50. The summed E-state index contributed by atoms with van der Waals surface area (Å²) in [5, 5.41) is 12.7. The fraction of sp³-hybridized carbons (Fsp3) is 0.647. The first kappa shape index (κ1) is 14.7. The van der Waals surface area contributed by atoms with E-state index in [0.29, 0.717) is 24.6 Å². The van der Waals surface area contributed by atoms with Gasteiger partial charge in [0.25, 0.3) is 0 Å². The maximum atomic E-state index is 8.99. The first-order chi connectivity index (χ1) is 10.0. The molecule has 0 spiro atoms. The van der Waals surface area contributed by atoms with Crippen molar-refractivity contribution in [2.24, 2.45) is 11.3 Å². The van der Waals surface area contributed by atoms with Crippen LogP contribution in [0.2, 0.25) is 0 Å². The molecule has 0 aromatic heterocycles. The molecule has 1 heterocycles. The van der Waals surface area contributed by atoms with E-state index in [1.54, 1.807) is 0 Å². The van der Waals surface area contributed by atoms with E-state index in [4.69, 9.17) is 9.84 Å². The zero-order chi connectivity index (χ0) is 15.0. The third-order valence-electron chi connectivity index (χ3n) is 5.17. The van der Waals surface area contributed by atoms with E-state index < -0.39 is 0 Å². The van der Waals surface area contributed by atoms with Crippen LogP contribution in [0.3, 0.4) is 0 Å². The third-order valence-corrected chi connectivity index (χ3v) is 5.17. The van der Waals surface area contributed by atoms with Crippen LogP contribution in [0.1, 0.15) is 20.3 Å². The van der Waals surface area contributed by atoms with Gasteiger partial charge in [-0.1, -0.05) is 13.8 Å². The molecule has 3 atom stereocenters. The van der Waals surface area contributed by atoms with Crippen molar-refractivity contribution >= 4 is 11.4 Å². The molecular weight excluding hydrogens is 264 g/mol. The van der Waals surface area contributed by atoms with E-state index in [2.05, 4.69) is 48.3 Å². The second-order valence-corrected chi connectivity index (χ2v) is 6.88. The number of fused-ring (bicyclic) bond motifs is 1. The number of benzene rings is 1. The molecule has 0 bridgehead atoms. The van der Waals surface area contributed by atoms with E-state index in [-0.39, 0.29) is 12.0 Å². The molecule has 1 aromatic carbocycles. The number of likely N-dealkylation sites (N-methyl/N-ethyl adjacent to an activating group) is 1. The minimum Gasteiger partial charge on any atom is -0.395 e. The van der Waals surface area contributed by atoms with Gasteiger partial charge in [-0.2, -0.15) is 0 Å². The topological polar surface area (TPSA) is 44.7 Å². The first-order valence-electron chi connectivity index (χ1n) is 7.84. The van der Waals surface area contributed by atoms with Crippen molar-refractivity contribution in [2.45, 2.75) is 32.4 Å². The highest BCUT2D eigenvalue weighted by atomic mass is 16.5. The van der Waals surface area contributed by atoms with Crippen molar-refractivity contribution in [3.63, 3.8) is 0 Å². The van der Waals surface area contributed by atoms with Gasteiger partial charge in [0, 0.05) is 48.9 Å². The molecule has 4 heteroatoms. The molecule has 1 aliphatic carbocycles. The fourth-order valence-electron chi connectivity index (χ4n) is 3.89. The average Bonchev–Trinajstić information content (AvgIpc) is 2.92. The van der Waals surface area contributed by atoms with Crippen LogP contribution in [0, 0.1) is 11.3 Å². The summed E-state index contributed by atoms with van der Waals surface area (Å²) < 4.78 is 5.84. The predicted octanol–water partition coefficient (Wildman–Crippen LogP) is 2.34. The highest BCUT2D eigenvalue weighted by Gasteiger charge is 2.59. The molecule has 1 saturated carbocycles. The quantitative estimate of drug-likeness (QED) is 0.874. The Balaban J connectivity index is 1.66. The van der Waals surface area contributed by atoms with Gasteiger partial charge >= 0.3 is 0 Å². The molecule has 3 rings (SSSR count). The Morgan fingerprint density at radius 1 is 1.33 bits per heavy atom. The van der Waals surface area contributed by atoms with Gasteiger partial charge in [-0.05, 0) is 30.7 Å². The third kappa shape index (κ3) is 2.51. The van der Waals surface area contributed by atoms with Crippen LogP contribution in [0.5, 0.6) is 0 Å². The van der Waals surface area contributed by atoms with Gasteiger partial charge in [0.05, 0.1) is 12.7 Å². The second kappa shape index (κ2) is 5.50. The lowest BCUT2D eigenvalue weighted by Gasteiger charge is -2.55. The summed E-state index contributed by atoms with van der Waals surface area (Å²) in [6.07, 6.45) is 1.59. The standard InChI is InChI=1S/C17H26N2O2/c1-17(2)15(14-8-11-21-16(14)17)18-12-4-6-13(7-5-12)19(3)9-10-20/h4-7,14-16,18,20H,8-11H2,1-3H3. The van der Waals surface area contributed by atoms with Gasteiger partial charge in [0.15, 0.2) is 0 Å². The monoisotopic (exact) mass is 290 g/mol. The number of nitrogens with zero attached hydrogens (tertiary/aromatic N) is 1. The number of aliphatic hydroxyl groups excluding tert-OH is 1. The Bertz CT molecular complexity index is 486. The molecule has 2 aliphatic rings. The summed E-state index contributed by atoms with van der Waals surface area (Å²) in [5.74, 6) is 0.650. The maximum absolute atomic E-state index is 8.99. The van der Waals surface area contributed by atoms with Gasteiger partial charge in [0.2, 0.25) is 0 Å². The highest BCUT2D eigenvalue weighted by Crippen LogP contribution is 2.53. The number of ether oxygens (including phenoxy) is 1. The lowest BCUT2D eigenvalue weighted by molar-refractivity contribution is -0.0923. The Labute approximate surface area is 127 Å². The van der Waals surface area contributed by atoms with Crippen LogP contribution in [-0.4, -0.2) is 44.1 Å². The minimum absolute atomic E-state index is 0.176. The molecule has 1 aliphatic heterocycles. The van der Waals surface area contributed by atoms with Crippen LogP contribution in [0.4, 0.5) is 11.4 Å². The molecular formula is C17H26N2O2. The predicted molar refractivity (Wildman–Crippen MR) is 85.8 cm³/mol. The molecule has 2 fully saturated rings. The normalized spacial score (nSPS) is 29.6. The van der Waals surface area contributed by atoms with Crippen LogP contribution < -0.4 is 10.2 Å². The van der Waals surface area contributed by atoms with Crippen LogP contribution >= 0.6 is 0 Å². The van der Waals surface area contributed by atoms with Gasteiger partial charge in [0.1, 0.15) is 0 Å². The smallest absolute Gasteiger partial charge is 0.0694 e. The summed E-state index contributed by atoms with van der Waals surface area (Å²) in [4.78, 5) is 2.05. The van der Waals surface area contributed by atoms with Crippen molar-refractivity contribution < 1.29 is 9.84 Å². The lowest BCUT2D eigenvalue weighted by atomic mass is 9.57. The molecule has 1 aromatic rings. The number of anilines is 2. The molecule has 0 amide bonds. The fourth-order valence-corrected chi connectivity index (χ4v) is 3.89. The Hall–Kier alpha value is -1.26. The van der Waals surface area contributed by atoms with E-state index in [1.165, 1.54) is 12.1 Å². The van der Waals surface area contributed by atoms with Crippen LogP contribution in [0.25, 0.3) is 0 Å². The van der Waals surface area contributed by atoms with Crippen molar-refractivity contribution in [3.8, 4) is 0 Å². The van der Waals surface area contributed by atoms with Crippen molar-refractivity contribution in [1.82, 2.24) is 0 Å². The van der Waals surface area contributed by atoms with Crippen molar-refractivity contribution in [3.05, 3.63) is 24.3 Å². The average molecular weight is 290 g/mol. The van der Waals surface area contributed by atoms with Gasteiger partial charge in [-0.25, -0.2) is 0 Å². The molecule has 4 nitrogen and oxygen atoms in total. The van der Waals surface area contributed by atoms with E-state index in [0.717, 1.165) is 12.3 Å². The maximum Gasteiger partial charge on any atom is 0.0694 e. The number of rotatable bonds is 5. The van der Waals surface area contributed by atoms with Crippen LogP contribution in [-0.2, 0) is 4.74 Å². The number of hydrogen-bond acceptors (Lipinski definition) is 4. The molecule has 2 N–H and O–H groups in total. The molecule has 0 radical (unpaired) electrons. The van der Waals surface area contributed by atoms with E-state index >= 15 is 0 Å². The minimum atomic E-state index is 0.176. The van der Waals surface area contributed by atoms with Gasteiger partial charge < -0.3 is 20.1 Å². The Kier molecular flexibility index (Phi) is 3.84. The molecule has 116 valence electrons. The number of aliphatic hydroxyl groups is 1. The molecule has 1 saturated heterocycles. The SMILES string of the molecule is CN(CCO)c1ccc(NC2C3CCOC3C2(C)C)cc1. The largest absolute Gasteiger partial charge is 0.395 e. The van der Waals surface area contributed by atoms with Crippen molar-refractivity contribution in [2.75, 3.05) is 37.0 Å². The Morgan fingerprint density at radius 2 is 2.05 bits per heavy atom. The van der Waals surface area contributed by atoms with E-state index in [9.17, 15) is 0 Å². The van der Waals surface area contributed by atoms with Crippen LogP contribution in [0.15, 0.2) is 24.3 Å². The molecule has 3 unspecified atom stereocenters. The summed E-state index contributed by atoms with van der Waals surface area (Å²) in [6.45, 7) is 6.32. The number of hydrogen-bond donors (Lipinski definition) is 2. The lowest BCUT2D eigenvalue weighted by Crippen LogP contribution is -2.63. The zero-order valence-corrected chi connectivity index (χ0v) is 13.2. The first-order valence-corrected chi connectivity index (χ1v) is 7.84. The van der Waals surface area contributed by atoms with Gasteiger partial charge in [-0.15, -0.1) is 0 Å². The Morgan fingerprint density at radius 3 is 2.71 bits per heavy atom. The van der Waals surface area contributed by atoms with E-state index in [1.807, 2.05) is 7.05 Å². The van der Waals surface area contributed by atoms with Crippen molar-refractivity contribution in [1.29, 1.82) is 0 Å². The highest BCUT2D eigenvalue weighted by molar-refractivity contribution is 5.55. The second-order valence-electron chi connectivity index (χ2n) is 6.88. The summed E-state index contributed by atoms with van der Waals surface area (Å²) in [7, 11) is 1.99. The molecule has 21 heavy (non-hydrogen) atoms. The summed E-state index contributed by atoms with van der Waals surface area (Å²) >= 11 is 0. The van der Waals surface area contributed by atoms with Gasteiger partial charge in [-0.3, -0.25) is 0 Å². The summed E-state index contributed by atoms with van der Waals surface area (Å²) in [6, 6.07) is 8.95. The number of nitrogens with one attached hydrogen (secondary N) is 1.